The van der Waals surface area contributed by atoms with E-state index in [0.29, 0.717) is 35.8 Å². The Morgan fingerprint density at radius 2 is 1.89 bits per heavy atom. The summed E-state index contributed by atoms with van der Waals surface area (Å²) in [6.45, 7) is 0.267. The van der Waals surface area contributed by atoms with Crippen LogP contribution in [-0.4, -0.2) is 40.3 Å². The fourth-order valence-corrected chi connectivity index (χ4v) is 4.53. The van der Waals surface area contributed by atoms with Crippen LogP contribution in [0.15, 0.2) is 48.5 Å². The van der Waals surface area contributed by atoms with Crippen LogP contribution in [0.3, 0.4) is 0 Å². The molecule has 0 spiro atoms. The maximum absolute atomic E-state index is 12.2. The zero-order valence-electron chi connectivity index (χ0n) is 15.1. The van der Waals surface area contributed by atoms with E-state index < -0.39 is 10.0 Å². The number of amides is 1. The predicted octanol–water partition coefficient (Wildman–Crippen LogP) is 2.64. The zero-order chi connectivity index (χ0) is 19.3. The van der Waals surface area contributed by atoms with Crippen molar-refractivity contribution in [3.05, 3.63) is 48.5 Å². The van der Waals surface area contributed by atoms with Crippen LogP contribution in [0, 0.1) is 0 Å². The Balaban J connectivity index is 1.65. The van der Waals surface area contributed by atoms with Gasteiger partial charge in [-0.2, -0.15) is 0 Å². The lowest BCUT2D eigenvalue weighted by molar-refractivity contribution is -0.118. The summed E-state index contributed by atoms with van der Waals surface area (Å²) in [5, 5.41) is 2.73. The number of hydrogen-bond acceptors (Lipinski definition) is 5. The average Bonchev–Trinajstić information content (AvgIpc) is 2.66. The second kappa shape index (κ2) is 8.30. The van der Waals surface area contributed by atoms with Gasteiger partial charge in [0.25, 0.3) is 5.91 Å². The molecule has 0 radical (unpaired) electrons. The van der Waals surface area contributed by atoms with Crippen molar-refractivity contribution in [1.29, 1.82) is 0 Å². The SMILES string of the molecule is COc1ccccc1OCC(=O)Nc1cccc(N2CCCCS2(=O)=O)c1. The van der Waals surface area contributed by atoms with Crippen molar-refractivity contribution in [2.75, 3.05) is 35.6 Å². The van der Waals surface area contributed by atoms with E-state index in [-0.39, 0.29) is 18.3 Å². The van der Waals surface area contributed by atoms with Crippen LogP contribution in [0.1, 0.15) is 12.8 Å². The highest BCUT2D eigenvalue weighted by atomic mass is 32.2. The molecule has 1 saturated heterocycles. The minimum absolute atomic E-state index is 0.149. The van der Waals surface area contributed by atoms with Crippen LogP contribution < -0.4 is 19.1 Å². The smallest absolute Gasteiger partial charge is 0.262 e. The molecular weight excluding hydrogens is 368 g/mol. The quantitative estimate of drug-likeness (QED) is 0.820. The lowest BCUT2D eigenvalue weighted by Crippen LogP contribution is -2.37. The van der Waals surface area contributed by atoms with Crippen molar-refractivity contribution >= 4 is 27.3 Å². The number of benzene rings is 2. The van der Waals surface area contributed by atoms with E-state index in [1.807, 2.05) is 6.07 Å². The number of nitrogens with one attached hydrogen (secondary N) is 1. The van der Waals surface area contributed by atoms with Gasteiger partial charge in [0.15, 0.2) is 18.1 Å². The Labute approximate surface area is 158 Å². The van der Waals surface area contributed by atoms with Gasteiger partial charge in [0.05, 0.1) is 18.6 Å². The monoisotopic (exact) mass is 390 g/mol. The second-order valence-electron chi connectivity index (χ2n) is 6.13. The summed E-state index contributed by atoms with van der Waals surface area (Å²) >= 11 is 0. The Morgan fingerprint density at radius 3 is 2.63 bits per heavy atom. The summed E-state index contributed by atoms with van der Waals surface area (Å²) in [5.41, 5.74) is 1.07. The predicted molar refractivity (Wildman–Crippen MR) is 104 cm³/mol. The highest BCUT2D eigenvalue weighted by molar-refractivity contribution is 7.92. The molecule has 0 saturated carbocycles. The van der Waals surface area contributed by atoms with Crippen LogP contribution in [0.4, 0.5) is 11.4 Å². The molecular formula is C19H22N2O5S. The van der Waals surface area contributed by atoms with Gasteiger partial charge in [-0.25, -0.2) is 8.42 Å². The molecule has 7 nitrogen and oxygen atoms in total. The molecule has 0 atom stereocenters. The van der Waals surface area contributed by atoms with Gasteiger partial charge < -0.3 is 14.8 Å². The summed E-state index contributed by atoms with van der Waals surface area (Å²) in [4.78, 5) is 12.2. The van der Waals surface area contributed by atoms with Gasteiger partial charge in [0.1, 0.15) is 0 Å². The molecule has 1 aliphatic heterocycles. The molecule has 0 aliphatic carbocycles. The van der Waals surface area contributed by atoms with Crippen molar-refractivity contribution < 1.29 is 22.7 Å². The molecule has 1 fully saturated rings. The van der Waals surface area contributed by atoms with E-state index in [0.717, 1.165) is 6.42 Å². The van der Waals surface area contributed by atoms with Crippen LogP contribution in [0.25, 0.3) is 0 Å². The summed E-state index contributed by atoms with van der Waals surface area (Å²) < 4.78 is 36.6. The van der Waals surface area contributed by atoms with Gasteiger partial charge in [0, 0.05) is 12.2 Å². The van der Waals surface area contributed by atoms with E-state index in [9.17, 15) is 13.2 Å². The van der Waals surface area contributed by atoms with Gasteiger partial charge in [-0.15, -0.1) is 0 Å². The number of rotatable bonds is 6. The van der Waals surface area contributed by atoms with Crippen LogP contribution in [-0.2, 0) is 14.8 Å². The molecule has 0 bridgehead atoms. The molecule has 0 aromatic heterocycles. The molecule has 144 valence electrons. The number of carbonyl (C=O) groups is 1. The van der Waals surface area contributed by atoms with Crippen molar-refractivity contribution in [3.63, 3.8) is 0 Å². The third-order valence-corrected chi connectivity index (χ3v) is 6.06. The molecule has 1 aliphatic rings. The summed E-state index contributed by atoms with van der Waals surface area (Å²) in [6, 6.07) is 13.9. The van der Waals surface area contributed by atoms with Gasteiger partial charge in [-0.1, -0.05) is 18.2 Å². The number of para-hydroxylation sites is 2. The molecule has 27 heavy (non-hydrogen) atoms. The van der Waals surface area contributed by atoms with Crippen molar-refractivity contribution in [1.82, 2.24) is 0 Å². The maximum Gasteiger partial charge on any atom is 0.262 e. The number of ether oxygens (including phenoxy) is 2. The fourth-order valence-electron chi connectivity index (χ4n) is 2.90. The Hall–Kier alpha value is -2.74. The fraction of sp³-hybridized carbons (Fsp3) is 0.316. The standard InChI is InChI=1S/C19H22N2O5S/c1-25-17-9-2-3-10-18(17)26-14-19(22)20-15-7-6-8-16(13-15)21-11-4-5-12-27(21,23)24/h2-3,6-10,13H,4-5,11-12,14H2,1H3,(H,20,22). The molecule has 2 aromatic rings. The van der Waals surface area contributed by atoms with Gasteiger partial charge >= 0.3 is 0 Å². The number of sulfonamides is 1. The third kappa shape index (κ3) is 4.71. The third-order valence-electron chi connectivity index (χ3n) is 4.20. The van der Waals surface area contributed by atoms with E-state index in [2.05, 4.69) is 5.32 Å². The minimum atomic E-state index is -3.29. The van der Waals surface area contributed by atoms with Crippen LogP contribution in [0.5, 0.6) is 11.5 Å². The Morgan fingerprint density at radius 1 is 1.11 bits per heavy atom. The van der Waals surface area contributed by atoms with Crippen molar-refractivity contribution in [2.24, 2.45) is 0 Å². The van der Waals surface area contributed by atoms with Gasteiger partial charge in [-0.05, 0) is 43.2 Å². The van der Waals surface area contributed by atoms with Crippen molar-refractivity contribution in [2.45, 2.75) is 12.8 Å². The Bertz CT molecular complexity index is 914. The van der Waals surface area contributed by atoms with E-state index in [4.69, 9.17) is 9.47 Å². The zero-order valence-corrected chi connectivity index (χ0v) is 15.9. The highest BCUT2D eigenvalue weighted by Gasteiger charge is 2.26. The van der Waals surface area contributed by atoms with E-state index in [1.165, 1.54) is 11.4 Å². The minimum Gasteiger partial charge on any atom is -0.493 e. The second-order valence-corrected chi connectivity index (χ2v) is 8.15. The first kappa shape index (κ1) is 19.0. The first-order valence-corrected chi connectivity index (χ1v) is 10.3. The van der Waals surface area contributed by atoms with Gasteiger partial charge in [0.2, 0.25) is 10.0 Å². The first-order valence-electron chi connectivity index (χ1n) is 8.66. The van der Waals surface area contributed by atoms with E-state index >= 15 is 0 Å². The number of carbonyl (C=O) groups excluding carboxylic acids is 1. The topological polar surface area (TPSA) is 84.9 Å². The molecule has 1 amide bonds. The summed E-state index contributed by atoms with van der Waals surface area (Å²) in [5.74, 6) is 0.821. The van der Waals surface area contributed by atoms with E-state index in [1.54, 1.807) is 42.5 Å². The van der Waals surface area contributed by atoms with Crippen LogP contribution in [0.2, 0.25) is 0 Å². The molecule has 3 rings (SSSR count). The number of nitrogens with zero attached hydrogens (tertiary/aromatic N) is 1. The lowest BCUT2D eigenvalue weighted by atomic mass is 10.2. The lowest BCUT2D eigenvalue weighted by Gasteiger charge is -2.28. The normalized spacial score (nSPS) is 15.8. The highest BCUT2D eigenvalue weighted by Crippen LogP contribution is 2.27. The molecule has 1 N–H and O–H groups in total. The number of anilines is 2. The largest absolute Gasteiger partial charge is 0.493 e. The average molecular weight is 390 g/mol. The Kier molecular flexibility index (Phi) is 5.85. The summed E-state index contributed by atoms with van der Waals surface area (Å²) in [6.07, 6.45) is 1.50. The molecule has 2 aromatic carbocycles. The van der Waals surface area contributed by atoms with Gasteiger partial charge in [-0.3, -0.25) is 9.10 Å². The number of methoxy groups -OCH3 is 1. The molecule has 1 heterocycles. The molecule has 8 heteroatoms. The maximum atomic E-state index is 12.2. The first-order chi connectivity index (χ1) is 13.0. The molecule has 0 unspecified atom stereocenters. The number of hydrogen-bond donors (Lipinski definition) is 1. The van der Waals surface area contributed by atoms with Crippen LogP contribution >= 0.6 is 0 Å². The van der Waals surface area contributed by atoms with Crippen molar-refractivity contribution in [3.8, 4) is 11.5 Å². The summed E-state index contributed by atoms with van der Waals surface area (Å²) in [7, 11) is -1.76.